The standard InChI is InChI=1S/C16H13ClN2O2S/c1-12-15(8-7-14(11-18)16(12)17)19-22(20,21)10-9-13-5-3-2-4-6-13/h2-10,19H,1H3. The Balaban J connectivity index is 2.25. The van der Waals surface area contributed by atoms with Crippen LogP contribution in [0.25, 0.3) is 6.08 Å². The molecule has 0 radical (unpaired) electrons. The molecule has 0 bridgehead atoms. The van der Waals surface area contributed by atoms with Gasteiger partial charge in [0, 0.05) is 0 Å². The van der Waals surface area contributed by atoms with E-state index in [1.165, 1.54) is 18.2 Å². The van der Waals surface area contributed by atoms with Crippen LogP contribution in [0.2, 0.25) is 5.02 Å². The van der Waals surface area contributed by atoms with Gasteiger partial charge in [0.1, 0.15) is 6.07 Å². The minimum absolute atomic E-state index is 0.245. The molecule has 0 saturated carbocycles. The van der Waals surface area contributed by atoms with Gasteiger partial charge < -0.3 is 0 Å². The summed E-state index contributed by atoms with van der Waals surface area (Å²) < 4.78 is 26.6. The summed E-state index contributed by atoms with van der Waals surface area (Å²) in [4.78, 5) is 0. The molecule has 0 aliphatic rings. The van der Waals surface area contributed by atoms with Crippen LogP contribution in [0.4, 0.5) is 5.69 Å². The predicted molar refractivity (Wildman–Crippen MR) is 88.9 cm³/mol. The van der Waals surface area contributed by atoms with Gasteiger partial charge in [0.2, 0.25) is 0 Å². The molecule has 0 aliphatic heterocycles. The number of halogens is 1. The first-order valence-corrected chi connectivity index (χ1v) is 8.30. The second-order valence-electron chi connectivity index (χ2n) is 4.57. The fourth-order valence-corrected chi connectivity index (χ4v) is 2.94. The number of rotatable bonds is 4. The van der Waals surface area contributed by atoms with Gasteiger partial charge >= 0.3 is 0 Å². The van der Waals surface area contributed by atoms with Crippen molar-refractivity contribution in [2.75, 3.05) is 4.72 Å². The number of benzene rings is 2. The van der Waals surface area contributed by atoms with Gasteiger partial charge in [-0.05, 0) is 36.3 Å². The van der Waals surface area contributed by atoms with Crippen LogP contribution in [0.5, 0.6) is 0 Å². The molecule has 0 fully saturated rings. The first kappa shape index (κ1) is 16.1. The zero-order valence-electron chi connectivity index (χ0n) is 11.7. The molecule has 0 amide bonds. The fourth-order valence-electron chi connectivity index (χ4n) is 1.80. The third-order valence-corrected chi connectivity index (χ3v) is 4.48. The summed E-state index contributed by atoms with van der Waals surface area (Å²) in [6.07, 6.45) is 1.50. The van der Waals surface area contributed by atoms with Gasteiger partial charge in [-0.3, -0.25) is 4.72 Å². The number of hydrogen-bond acceptors (Lipinski definition) is 3. The molecule has 2 rings (SSSR count). The topological polar surface area (TPSA) is 70.0 Å². The number of nitrogens with one attached hydrogen (secondary N) is 1. The van der Waals surface area contributed by atoms with Crippen molar-refractivity contribution in [1.29, 1.82) is 5.26 Å². The van der Waals surface area contributed by atoms with E-state index in [1.54, 1.807) is 19.1 Å². The highest BCUT2D eigenvalue weighted by molar-refractivity contribution is 7.95. The predicted octanol–water partition coefficient (Wildman–Crippen LogP) is 3.93. The first-order valence-electron chi connectivity index (χ1n) is 6.38. The zero-order valence-corrected chi connectivity index (χ0v) is 13.3. The lowest BCUT2D eigenvalue weighted by Gasteiger charge is -2.10. The van der Waals surface area contributed by atoms with Crippen molar-refractivity contribution in [1.82, 2.24) is 0 Å². The quantitative estimate of drug-likeness (QED) is 0.922. The lowest BCUT2D eigenvalue weighted by Crippen LogP contribution is -2.10. The van der Waals surface area contributed by atoms with Crippen molar-refractivity contribution >= 4 is 33.4 Å². The molecule has 2 aromatic carbocycles. The second-order valence-corrected chi connectivity index (χ2v) is 6.52. The minimum Gasteiger partial charge on any atom is -0.280 e. The van der Waals surface area contributed by atoms with Crippen LogP contribution in [0.1, 0.15) is 16.7 Å². The molecule has 0 saturated heterocycles. The summed E-state index contributed by atoms with van der Waals surface area (Å²) in [7, 11) is -3.66. The molecule has 6 heteroatoms. The Bertz CT molecular complexity index is 854. The number of nitriles is 1. The van der Waals surface area contributed by atoms with Crippen molar-refractivity contribution in [3.05, 3.63) is 69.6 Å². The Morgan fingerprint density at radius 3 is 2.50 bits per heavy atom. The van der Waals surface area contributed by atoms with E-state index in [2.05, 4.69) is 4.72 Å². The Morgan fingerprint density at radius 2 is 1.86 bits per heavy atom. The Morgan fingerprint density at radius 1 is 1.18 bits per heavy atom. The van der Waals surface area contributed by atoms with Gasteiger partial charge in [-0.1, -0.05) is 41.9 Å². The van der Waals surface area contributed by atoms with Crippen molar-refractivity contribution < 1.29 is 8.42 Å². The van der Waals surface area contributed by atoms with Crippen LogP contribution >= 0.6 is 11.6 Å². The van der Waals surface area contributed by atoms with Crippen LogP contribution in [0.3, 0.4) is 0 Å². The summed E-state index contributed by atoms with van der Waals surface area (Å²) in [5.74, 6) is 0. The van der Waals surface area contributed by atoms with Gasteiger partial charge in [-0.25, -0.2) is 8.42 Å². The normalized spacial score (nSPS) is 11.3. The number of sulfonamides is 1. The van der Waals surface area contributed by atoms with Gasteiger partial charge in [-0.2, -0.15) is 5.26 Å². The van der Waals surface area contributed by atoms with Gasteiger partial charge in [0.15, 0.2) is 0 Å². The molecule has 0 unspecified atom stereocenters. The average molecular weight is 333 g/mol. The van der Waals surface area contributed by atoms with Crippen LogP contribution in [-0.4, -0.2) is 8.42 Å². The maximum absolute atomic E-state index is 12.1. The van der Waals surface area contributed by atoms with E-state index < -0.39 is 10.0 Å². The van der Waals surface area contributed by atoms with Crippen molar-refractivity contribution in [2.45, 2.75) is 6.92 Å². The molecule has 0 atom stereocenters. The maximum Gasteiger partial charge on any atom is 0.255 e. The fraction of sp³-hybridized carbons (Fsp3) is 0.0625. The highest BCUT2D eigenvalue weighted by Gasteiger charge is 2.12. The number of nitrogens with zero attached hydrogens (tertiary/aromatic N) is 1. The SMILES string of the molecule is Cc1c(NS(=O)(=O)C=Cc2ccccc2)ccc(C#N)c1Cl. The number of hydrogen-bond donors (Lipinski definition) is 1. The van der Waals surface area contributed by atoms with E-state index in [0.717, 1.165) is 11.0 Å². The largest absolute Gasteiger partial charge is 0.280 e. The molecule has 1 N–H and O–H groups in total. The summed E-state index contributed by atoms with van der Waals surface area (Å²) >= 11 is 6.02. The second kappa shape index (κ2) is 6.65. The molecule has 0 aliphatic carbocycles. The summed E-state index contributed by atoms with van der Waals surface area (Å²) in [6.45, 7) is 1.65. The van der Waals surface area contributed by atoms with Crippen LogP contribution in [0.15, 0.2) is 47.9 Å². The van der Waals surface area contributed by atoms with Crippen LogP contribution < -0.4 is 4.72 Å². The Kier molecular flexibility index (Phi) is 4.86. The maximum atomic E-state index is 12.1. The first-order chi connectivity index (χ1) is 10.4. The van der Waals surface area contributed by atoms with Crippen molar-refractivity contribution in [2.24, 2.45) is 0 Å². The third-order valence-electron chi connectivity index (χ3n) is 3.00. The highest BCUT2D eigenvalue weighted by atomic mass is 35.5. The van der Waals surface area contributed by atoms with Gasteiger partial charge in [0.05, 0.1) is 21.7 Å². The average Bonchev–Trinajstić information content (AvgIpc) is 2.51. The van der Waals surface area contributed by atoms with Gasteiger partial charge in [0.25, 0.3) is 10.0 Å². The molecule has 0 spiro atoms. The van der Waals surface area contributed by atoms with Crippen LogP contribution in [-0.2, 0) is 10.0 Å². The lowest BCUT2D eigenvalue weighted by atomic mass is 10.1. The zero-order chi connectivity index (χ0) is 16.2. The van der Waals surface area contributed by atoms with E-state index in [9.17, 15) is 8.42 Å². The molecule has 22 heavy (non-hydrogen) atoms. The van der Waals surface area contributed by atoms with Crippen molar-refractivity contribution in [3.8, 4) is 6.07 Å². The Labute approximate surface area is 134 Å². The number of anilines is 1. The highest BCUT2D eigenvalue weighted by Crippen LogP contribution is 2.27. The van der Waals surface area contributed by atoms with E-state index in [0.29, 0.717) is 16.8 Å². The molecule has 0 heterocycles. The summed E-state index contributed by atoms with van der Waals surface area (Å²) in [5.41, 5.74) is 1.95. The molecule has 112 valence electrons. The Hall–Kier alpha value is -2.29. The summed E-state index contributed by atoms with van der Waals surface area (Å²) in [6, 6.07) is 14.1. The molecule has 4 nitrogen and oxygen atoms in total. The smallest absolute Gasteiger partial charge is 0.255 e. The van der Waals surface area contributed by atoms with E-state index >= 15 is 0 Å². The minimum atomic E-state index is -3.66. The van der Waals surface area contributed by atoms with Crippen LogP contribution in [0, 0.1) is 18.3 Å². The molecule has 2 aromatic rings. The van der Waals surface area contributed by atoms with Crippen molar-refractivity contribution in [3.63, 3.8) is 0 Å². The van der Waals surface area contributed by atoms with E-state index in [-0.39, 0.29) is 5.02 Å². The molecular formula is C16H13ClN2O2S. The van der Waals surface area contributed by atoms with E-state index in [1.807, 2.05) is 24.3 Å². The molecular weight excluding hydrogens is 320 g/mol. The third kappa shape index (κ3) is 3.88. The molecule has 0 aromatic heterocycles. The lowest BCUT2D eigenvalue weighted by molar-refractivity contribution is 0.609. The van der Waals surface area contributed by atoms with Gasteiger partial charge in [-0.15, -0.1) is 0 Å². The monoisotopic (exact) mass is 332 g/mol. The van der Waals surface area contributed by atoms with E-state index in [4.69, 9.17) is 16.9 Å². The summed E-state index contributed by atoms with van der Waals surface area (Å²) in [5, 5.41) is 10.2.